The molecule has 152 valence electrons. The lowest BCUT2D eigenvalue weighted by Gasteiger charge is -2.22. The first-order valence-electron chi connectivity index (χ1n) is 10.3. The minimum atomic E-state index is 0.526. The molecule has 6 heteroatoms. The molecule has 1 aliphatic heterocycles. The maximum atomic E-state index is 5.28. The number of hydrogen-bond acceptors (Lipinski definition) is 3. The van der Waals surface area contributed by atoms with E-state index >= 15 is 0 Å². The van der Waals surface area contributed by atoms with Gasteiger partial charge in [-0.25, -0.2) is 9.98 Å². The standard InChI is InChI=1S/C22H33N5O/c1-5-23-22(25-14-21-24-11-13-26(21)15-17(2)3)27-12-10-19(16-27)18-6-8-20(28-4)9-7-18/h6-9,11,13,17,19H,5,10,12,14-16H2,1-4H3,(H,23,25). The van der Waals surface area contributed by atoms with Crippen LogP contribution in [0.4, 0.5) is 0 Å². The Bertz CT molecular complexity index is 765. The van der Waals surface area contributed by atoms with Crippen LogP contribution in [-0.2, 0) is 13.1 Å². The first-order valence-corrected chi connectivity index (χ1v) is 10.3. The van der Waals surface area contributed by atoms with Crippen LogP contribution in [-0.4, -0.2) is 47.2 Å². The lowest BCUT2D eigenvalue weighted by molar-refractivity contribution is 0.414. The lowest BCUT2D eigenvalue weighted by Crippen LogP contribution is -2.40. The monoisotopic (exact) mass is 383 g/mol. The van der Waals surface area contributed by atoms with Gasteiger partial charge in [0.05, 0.1) is 7.11 Å². The van der Waals surface area contributed by atoms with Gasteiger partial charge in [-0.05, 0) is 37.0 Å². The number of nitrogens with zero attached hydrogens (tertiary/aromatic N) is 4. The fourth-order valence-corrected chi connectivity index (χ4v) is 3.72. The van der Waals surface area contributed by atoms with Crippen molar-refractivity contribution in [3.05, 3.63) is 48.0 Å². The predicted octanol–water partition coefficient (Wildman–Crippen LogP) is 3.50. The number of aromatic nitrogens is 2. The van der Waals surface area contributed by atoms with Crippen molar-refractivity contribution in [3.63, 3.8) is 0 Å². The highest BCUT2D eigenvalue weighted by Gasteiger charge is 2.26. The Morgan fingerprint density at radius 1 is 1.32 bits per heavy atom. The third kappa shape index (κ3) is 5.06. The van der Waals surface area contributed by atoms with E-state index in [9.17, 15) is 0 Å². The van der Waals surface area contributed by atoms with Crippen LogP contribution in [0.3, 0.4) is 0 Å². The third-order valence-corrected chi connectivity index (χ3v) is 5.14. The molecule has 0 spiro atoms. The summed E-state index contributed by atoms with van der Waals surface area (Å²) in [5.41, 5.74) is 1.37. The van der Waals surface area contributed by atoms with Crippen molar-refractivity contribution in [1.29, 1.82) is 0 Å². The third-order valence-electron chi connectivity index (χ3n) is 5.14. The zero-order chi connectivity index (χ0) is 19.9. The van der Waals surface area contributed by atoms with Crippen LogP contribution >= 0.6 is 0 Å². The molecule has 1 fully saturated rings. The Morgan fingerprint density at radius 2 is 2.11 bits per heavy atom. The van der Waals surface area contributed by atoms with E-state index < -0.39 is 0 Å². The molecule has 0 saturated carbocycles. The molecule has 1 aromatic carbocycles. The number of rotatable bonds is 7. The van der Waals surface area contributed by atoms with Crippen molar-refractivity contribution in [2.24, 2.45) is 10.9 Å². The van der Waals surface area contributed by atoms with Crippen LogP contribution in [0.2, 0.25) is 0 Å². The molecule has 1 aromatic heterocycles. The summed E-state index contributed by atoms with van der Waals surface area (Å²) in [4.78, 5) is 11.8. The van der Waals surface area contributed by atoms with E-state index in [1.165, 1.54) is 5.56 Å². The summed E-state index contributed by atoms with van der Waals surface area (Å²) in [5, 5.41) is 3.46. The number of guanidine groups is 1. The topological polar surface area (TPSA) is 54.7 Å². The lowest BCUT2D eigenvalue weighted by atomic mass is 9.98. The summed E-state index contributed by atoms with van der Waals surface area (Å²) < 4.78 is 7.49. The Labute approximate surface area is 168 Å². The minimum Gasteiger partial charge on any atom is -0.497 e. The van der Waals surface area contributed by atoms with E-state index in [1.807, 2.05) is 24.5 Å². The smallest absolute Gasteiger partial charge is 0.194 e. The van der Waals surface area contributed by atoms with E-state index in [4.69, 9.17) is 9.73 Å². The number of aliphatic imine (C=N–C) groups is 1. The maximum absolute atomic E-state index is 5.28. The largest absolute Gasteiger partial charge is 0.497 e. The van der Waals surface area contributed by atoms with E-state index in [1.54, 1.807) is 7.11 Å². The van der Waals surface area contributed by atoms with Gasteiger partial charge in [-0.15, -0.1) is 0 Å². The number of ether oxygens (including phenoxy) is 1. The molecule has 0 bridgehead atoms. The van der Waals surface area contributed by atoms with Gasteiger partial charge in [-0.1, -0.05) is 26.0 Å². The van der Waals surface area contributed by atoms with Crippen LogP contribution in [0.15, 0.2) is 41.7 Å². The molecule has 0 radical (unpaired) electrons. The number of imidazole rings is 1. The quantitative estimate of drug-likeness (QED) is 0.587. The first kappa shape index (κ1) is 20.2. The van der Waals surface area contributed by atoms with Crippen LogP contribution in [0, 0.1) is 5.92 Å². The number of likely N-dealkylation sites (tertiary alicyclic amines) is 1. The summed E-state index contributed by atoms with van der Waals surface area (Å²) >= 11 is 0. The summed E-state index contributed by atoms with van der Waals surface area (Å²) in [6.45, 7) is 11.0. The van der Waals surface area contributed by atoms with Crippen molar-refractivity contribution < 1.29 is 4.74 Å². The highest BCUT2D eigenvalue weighted by molar-refractivity contribution is 5.80. The highest BCUT2D eigenvalue weighted by atomic mass is 16.5. The number of methoxy groups -OCH3 is 1. The van der Waals surface area contributed by atoms with Crippen molar-refractivity contribution in [2.75, 3.05) is 26.7 Å². The Morgan fingerprint density at radius 3 is 2.79 bits per heavy atom. The van der Waals surface area contributed by atoms with Crippen molar-refractivity contribution in [2.45, 2.75) is 46.2 Å². The van der Waals surface area contributed by atoms with E-state index in [2.05, 4.69) is 52.7 Å². The number of nitrogens with one attached hydrogen (secondary N) is 1. The van der Waals surface area contributed by atoms with Gasteiger partial charge >= 0.3 is 0 Å². The average Bonchev–Trinajstić information content (AvgIpc) is 3.34. The summed E-state index contributed by atoms with van der Waals surface area (Å²) in [6, 6.07) is 8.46. The van der Waals surface area contributed by atoms with E-state index in [0.717, 1.165) is 50.1 Å². The van der Waals surface area contributed by atoms with Gasteiger partial charge in [0, 0.05) is 44.5 Å². The van der Waals surface area contributed by atoms with Crippen molar-refractivity contribution in [1.82, 2.24) is 19.8 Å². The van der Waals surface area contributed by atoms with E-state index in [0.29, 0.717) is 18.4 Å². The molecule has 0 aliphatic carbocycles. The van der Waals surface area contributed by atoms with Gasteiger partial charge in [0.25, 0.3) is 0 Å². The fraction of sp³-hybridized carbons (Fsp3) is 0.545. The van der Waals surface area contributed by atoms with Crippen molar-refractivity contribution >= 4 is 5.96 Å². The second-order valence-electron chi connectivity index (χ2n) is 7.76. The van der Waals surface area contributed by atoms with Crippen LogP contribution in [0.25, 0.3) is 0 Å². The van der Waals surface area contributed by atoms with Gasteiger partial charge < -0.3 is 19.5 Å². The summed E-state index contributed by atoms with van der Waals surface area (Å²) in [6.07, 6.45) is 5.06. The molecule has 1 N–H and O–H groups in total. The van der Waals surface area contributed by atoms with Crippen LogP contribution in [0.5, 0.6) is 5.75 Å². The number of hydrogen-bond donors (Lipinski definition) is 1. The molecule has 1 aliphatic rings. The molecular formula is C22H33N5O. The average molecular weight is 384 g/mol. The molecule has 1 saturated heterocycles. The molecule has 2 aromatic rings. The van der Waals surface area contributed by atoms with Gasteiger partial charge in [0.2, 0.25) is 0 Å². The molecular weight excluding hydrogens is 350 g/mol. The second kappa shape index (κ2) is 9.62. The van der Waals surface area contributed by atoms with Gasteiger partial charge in [0.15, 0.2) is 5.96 Å². The van der Waals surface area contributed by atoms with Gasteiger partial charge in [0.1, 0.15) is 18.1 Å². The Hall–Kier alpha value is -2.50. The molecule has 0 amide bonds. The second-order valence-corrected chi connectivity index (χ2v) is 7.76. The SMILES string of the molecule is CCNC(=NCc1nccn1CC(C)C)N1CCC(c2ccc(OC)cc2)C1. The van der Waals surface area contributed by atoms with Crippen LogP contribution < -0.4 is 10.1 Å². The fourth-order valence-electron chi connectivity index (χ4n) is 3.72. The summed E-state index contributed by atoms with van der Waals surface area (Å²) in [5.74, 6) is 4.03. The Balaban J connectivity index is 1.67. The minimum absolute atomic E-state index is 0.526. The highest BCUT2D eigenvalue weighted by Crippen LogP contribution is 2.28. The van der Waals surface area contributed by atoms with E-state index in [-0.39, 0.29) is 0 Å². The first-order chi connectivity index (χ1) is 13.6. The van der Waals surface area contributed by atoms with Gasteiger partial charge in [-0.2, -0.15) is 0 Å². The number of benzene rings is 1. The zero-order valence-corrected chi connectivity index (χ0v) is 17.6. The summed E-state index contributed by atoms with van der Waals surface area (Å²) in [7, 11) is 1.71. The normalized spacial score (nSPS) is 17.4. The molecule has 3 rings (SSSR count). The predicted molar refractivity (Wildman–Crippen MR) is 114 cm³/mol. The zero-order valence-electron chi connectivity index (χ0n) is 17.6. The molecule has 2 heterocycles. The maximum Gasteiger partial charge on any atom is 0.194 e. The van der Waals surface area contributed by atoms with Crippen LogP contribution in [0.1, 0.15) is 44.5 Å². The molecule has 1 atom stereocenters. The molecule has 6 nitrogen and oxygen atoms in total. The molecule has 28 heavy (non-hydrogen) atoms. The Kier molecular flexibility index (Phi) is 6.95. The van der Waals surface area contributed by atoms with Gasteiger partial charge in [-0.3, -0.25) is 0 Å². The van der Waals surface area contributed by atoms with Crippen molar-refractivity contribution in [3.8, 4) is 5.75 Å². The molecule has 1 unspecified atom stereocenters.